The van der Waals surface area contributed by atoms with Gasteiger partial charge in [-0.15, -0.1) is 11.6 Å². The normalized spacial score (nSPS) is 12.4. The molecule has 1 aromatic carbocycles. The Hall–Kier alpha value is -0.250. The van der Waals surface area contributed by atoms with Gasteiger partial charge in [0.05, 0.1) is 0 Å². The summed E-state index contributed by atoms with van der Waals surface area (Å²) >= 11 is 9.50. The first-order valence-corrected chi connectivity index (χ1v) is 7.18. The summed E-state index contributed by atoms with van der Waals surface area (Å²) in [4.78, 5) is 0. The molecular weight excluding hydrogens is 302 g/mol. The molecule has 0 heterocycles. The van der Waals surface area contributed by atoms with Crippen LogP contribution in [0.4, 0.5) is 0 Å². The molecule has 0 bridgehead atoms. The minimum Gasteiger partial charge on any atom is -0.492 e. The third kappa shape index (κ3) is 6.92. The molecule has 1 rings (SSSR count). The second kappa shape index (κ2) is 8.78. The molecule has 0 fully saturated rings. The molecule has 0 saturated heterocycles. The van der Waals surface area contributed by atoms with Crippen molar-refractivity contribution in [3.8, 4) is 5.75 Å². The standard InChI is InChI=1S/C13H19BrClNO/c1-2-4-12(15)10-16-7-8-17-13-6-3-5-11(14)9-13/h3,5-6,9,12,16H,2,4,7-8,10H2,1H3. The third-order valence-electron chi connectivity index (χ3n) is 2.31. The van der Waals surface area contributed by atoms with Crippen LogP contribution >= 0.6 is 27.5 Å². The van der Waals surface area contributed by atoms with E-state index < -0.39 is 0 Å². The van der Waals surface area contributed by atoms with E-state index in [9.17, 15) is 0 Å². The van der Waals surface area contributed by atoms with Crippen LogP contribution in [-0.4, -0.2) is 25.1 Å². The summed E-state index contributed by atoms with van der Waals surface area (Å²) in [5.74, 6) is 0.886. The molecule has 2 nitrogen and oxygen atoms in total. The van der Waals surface area contributed by atoms with Gasteiger partial charge in [-0.1, -0.05) is 35.3 Å². The minimum atomic E-state index is 0.228. The van der Waals surface area contributed by atoms with Crippen molar-refractivity contribution >= 4 is 27.5 Å². The minimum absolute atomic E-state index is 0.228. The van der Waals surface area contributed by atoms with Crippen molar-refractivity contribution in [3.05, 3.63) is 28.7 Å². The van der Waals surface area contributed by atoms with Gasteiger partial charge in [-0.05, 0) is 24.6 Å². The molecule has 1 aromatic rings. The summed E-state index contributed by atoms with van der Waals surface area (Å²) < 4.78 is 6.63. The number of ether oxygens (including phenoxy) is 1. The lowest BCUT2D eigenvalue weighted by atomic mass is 10.2. The van der Waals surface area contributed by atoms with Crippen molar-refractivity contribution in [1.29, 1.82) is 0 Å². The molecule has 1 atom stereocenters. The first-order valence-electron chi connectivity index (χ1n) is 5.95. The highest BCUT2D eigenvalue weighted by atomic mass is 79.9. The molecule has 0 aliphatic carbocycles. The van der Waals surface area contributed by atoms with Gasteiger partial charge in [0, 0.05) is 22.9 Å². The first-order chi connectivity index (χ1) is 8.22. The van der Waals surface area contributed by atoms with Gasteiger partial charge >= 0.3 is 0 Å². The molecule has 0 aromatic heterocycles. The summed E-state index contributed by atoms with van der Waals surface area (Å²) in [7, 11) is 0. The molecule has 0 saturated carbocycles. The maximum atomic E-state index is 6.09. The quantitative estimate of drug-likeness (QED) is 0.581. The Bertz CT molecular complexity index is 322. The monoisotopic (exact) mass is 319 g/mol. The van der Waals surface area contributed by atoms with Crippen LogP contribution in [0.5, 0.6) is 5.75 Å². The van der Waals surface area contributed by atoms with Crippen molar-refractivity contribution in [2.75, 3.05) is 19.7 Å². The van der Waals surface area contributed by atoms with Crippen molar-refractivity contribution in [1.82, 2.24) is 5.32 Å². The van der Waals surface area contributed by atoms with E-state index in [1.807, 2.05) is 24.3 Å². The zero-order valence-electron chi connectivity index (χ0n) is 10.1. The maximum Gasteiger partial charge on any atom is 0.120 e. The summed E-state index contributed by atoms with van der Waals surface area (Å²) in [6, 6.07) is 7.85. The Morgan fingerprint density at radius 1 is 1.47 bits per heavy atom. The van der Waals surface area contributed by atoms with Crippen LogP contribution in [0, 0.1) is 0 Å². The van der Waals surface area contributed by atoms with Gasteiger partial charge < -0.3 is 10.1 Å². The van der Waals surface area contributed by atoms with E-state index >= 15 is 0 Å². The highest BCUT2D eigenvalue weighted by molar-refractivity contribution is 9.10. The largest absolute Gasteiger partial charge is 0.492 e. The number of nitrogens with one attached hydrogen (secondary N) is 1. The smallest absolute Gasteiger partial charge is 0.120 e. The molecule has 0 aliphatic rings. The summed E-state index contributed by atoms with van der Waals surface area (Å²) in [6.45, 7) is 4.47. The summed E-state index contributed by atoms with van der Waals surface area (Å²) in [5.41, 5.74) is 0. The van der Waals surface area contributed by atoms with E-state index in [0.717, 1.165) is 36.2 Å². The summed E-state index contributed by atoms with van der Waals surface area (Å²) in [5, 5.41) is 3.51. The zero-order valence-corrected chi connectivity index (χ0v) is 12.4. The van der Waals surface area contributed by atoms with Gasteiger partial charge in [-0.3, -0.25) is 0 Å². The molecule has 0 radical (unpaired) electrons. The Morgan fingerprint density at radius 3 is 3.00 bits per heavy atom. The highest BCUT2D eigenvalue weighted by Crippen LogP contribution is 2.17. The highest BCUT2D eigenvalue weighted by Gasteiger charge is 2.01. The number of benzene rings is 1. The average molecular weight is 321 g/mol. The number of hydrogen-bond donors (Lipinski definition) is 1. The van der Waals surface area contributed by atoms with Crippen LogP contribution in [0.2, 0.25) is 0 Å². The summed E-state index contributed by atoms with van der Waals surface area (Å²) in [6.07, 6.45) is 2.19. The fourth-order valence-electron chi connectivity index (χ4n) is 1.47. The van der Waals surface area contributed by atoms with Crippen LogP contribution < -0.4 is 10.1 Å². The first kappa shape index (κ1) is 14.8. The third-order valence-corrected chi connectivity index (χ3v) is 3.18. The lowest BCUT2D eigenvalue weighted by Crippen LogP contribution is -2.27. The topological polar surface area (TPSA) is 21.3 Å². The van der Waals surface area contributed by atoms with Crippen molar-refractivity contribution in [2.24, 2.45) is 0 Å². The van der Waals surface area contributed by atoms with E-state index in [4.69, 9.17) is 16.3 Å². The van der Waals surface area contributed by atoms with Gasteiger partial charge in [0.15, 0.2) is 0 Å². The Kier molecular flexibility index (Phi) is 7.65. The number of rotatable bonds is 8. The molecule has 4 heteroatoms. The van der Waals surface area contributed by atoms with Gasteiger partial charge in [0.25, 0.3) is 0 Å². The van der Waals surface area contributed by atoms with E-state index in [1.165, 1.54) is 0 Å². The molecule has 1 unspecified atom stereocenters. The maximum absolute atomic E-state index is 6.09. The van der Waals surface area contributed by atoms with Crippen LogP contribution in [-0.2, 0) is 0 Å². The molecular formula is C13H19BrClNO. The Morgan fingerprint density at radius 2 is 2.29 bits per heavy atom. The average Bonchev–Trinajstić information content (AvgIpc) is 2.29. The van der Waals surface area contributed by atoms with Crippen LogP contribution in [0.15, 0.2) is 28.7 Å². The van der Waals surface area contributed by atoms with Crippen molar-refractivity contribution < 1.29 is 4.74 Å². The van der Waals surface area contributed by atoms with Crippen LogP contribution in [0.3, 0.4) is 0 Å². The Labute approximate surface area is 117 Å². The fourth-order valence-corrected chi connectivity index (χ4v) is 2.18. The zero-order chi connectivity index (χ0) is 12.5. The van der Waals surface area contributed by atoms with Crippen molar-refractivity contribution in [3.63, 3.8) is 0 Å². The predicted molar refractivity (Wildman–Crippen MR) is 77.1 cm³/mol. The second-order valence-corrected chi connectivity index (χ2v) is 5.43. The molecule has 0 aliphatic heterocycles. The van der Waals surface area contributed by atoms with E-state index in [2.05, 4.69) is 28.2 Å². The van der Waals surface area contributed by atoms with Gasteiger partial charge in [0.1, 0.15) is 12.4 Å². The molecule has 0 spiro atoms. The number of hydrogen-bond acceptors (Lipinski definition) is 2. The fraction of sp³-hybridized carbons (Fsp3) is 0.538. The van der Waals surface area contributed by atoms with E-state index in [0.29, 0.717) is 6.61 Å². The van der Waals surface area contributed by atoms with Crippen LogP contribution in [0.25, 0.3) is 0 Å². The SMILES string of the molecule is CCCC(Cl)CNCCOc1cccc(Br)c1. The second-order valence-electron chi connectivity index (χ2n) is 3.90. The number of halogens is 2. The predicted octanol–water partition coefficient (Wildman–Crippen LogP) is 3.83. The molecule has 1 N–H and O–H groups in total. The van der Waals surface area contributed by atoms with Gasteiger partial charge in [-0.2, -0.15) is 0 Å². The van der Waals surface area contributed by atoms with E-state index in [-0.39, 0.29) is 5.38 Å². The van der Waals surface area contributed by atoms with Gasteiger partial charge in [-0.25, -0.2) is 0 Å². The lowest BCUT2D eigenvalue weighted by molar-refractivity contribution is 0.313. The van der Waals surface area contributed by atoms with E-state index in [1.54, 1.807) is 0 Å². The lowest BCUT2D eigenvalue weighted by Gasteiger charge is -2.10. The molecule has 17 heavy (non-hydrogen) atoms. The molecule has 0 amide bonds. The molecule has 96 valence electrons. The Balaban J connectivity index is 2.08. The van der Waals surface area contributed by atoms with Crippen LogP contribution in [0.1, 0.15) is 19.8 Å². The van der Waals surface area contributed by atoms with Crippen molar-refractivity contribution in [2.45, 2.75) is 25.1 Å². The number of alkyl halides is 1. The van der Waals surface area contributed by atoms with Gasteiger partial charge in [0.2, 0.25) is 0 Å².